The van der Waals surface area contributed by atoms with Gasteiger partial charge in [0, 0.05) is 24.2 Å². The van der Waals surface area contributed by atoms with Crippen molar-refractivity contribution in [3.05, 3.63) is 24.6 Å². The van der Waals surface area contributed by atoms with Gasteiger partial charge in [0.05, 0.1) is 11.4 Å². The minimum atomic E-state index is 0.119. The molecule has 3 heteroatoms. The quantitative estimate of drug-likeness (QED) is 0.572. The van der Waals surface area contributed by atoms with Crippen molar-refractivity contribution in [3.63, 3.8) is 0 Å². The van der Waals surface area contributed by atoms with E-state index in [1.54, 1.807) is 0 Å². The molecule has 3 atom stereocenters. The van der Waals surface area contributed by atoms with Gasteiger partial charge in [-0.1, -0.05) is 6.08 Å². The lowest BCUT2D eigenvalue weighted by atomic mass is 10.0. The minimum Gasteiger partial charge on any atom is -0.349 e. The maximum Gasteiger partial charge on any atom is 0.0746 e. The molecule has 0 aromatic heterocycles. The van der Waals surface area contributed by atoms with Crippen LogP contribution in [0.5, 0.6) is 0 Å². The van der Waals surface area contributed by atoms with Gasteiger partial charge in [0.25, 0.3) is 0 Å². The molecule has 0 amide bonds. The summed E-state index contributed by atoms with van der Waals surface area (Å²) in [5, 5.41) is 0.119. The first-order valence-corrected chi connectivity index (χ1v) is 4.64. The van der Waals surface area contributed by atoms with E-state index in [1.165, 1.54) is 0 Å². The van der Waals surface area contributed by atoms with Gasteiger partial charge in [0.2, 0.25) is 0 Å². The zero-order chi connectivity index (χ0) is 7.84. The molecule has 0 aliphatic carbocycles. The van der Waals surface area contributed by atoms with Crippen molar-refractivity contribution in [2.24, 2.45) is 5.92 Å². The maximum absolute atomic E-state index is 6.06. The second kappa shape index (κ2) is 2.72. The number of fused-ring (bicyclic) bond motifs is 1. The Kier molecular flexibility index (Phi) is 1.86. The monoisotopic (exact) mass is 189 g/mol. The lowest BCUT2D eigenvalue weighted by molar-refractivity contribution is 0.374. The van der Waals surface area contributed by atoms with E-state index in [2.05, 4.69) is 17.2 Å². The Labute approximate surface area is 76.3 Å². The van der Waals surface area contributed by atoms with E-state index < -0.39 is 0 Å². The molecule has 3 unspecified atom stereocenters. The summed E-state index contributed by atoms with van der Waals surface area (Å²) >= 11 is 11.8. The van der Waals surface area contributed by atoms with Crippen LogP contribution in [0.2, 0.25) is 0 Å². The highest BCUT2D eigenvalue weighted by Gasteiger charge is 2.35. The molecule has 2 aliphatic rings. The average Bonchev–Trinajstić information content (AvgIpc) is 2.54. The summed E-state index contributed by atoms with van der Waals surface area (Å²) in [6, 6.07) is 0.370. The second-order valence-corrected chi connectivity index (χ2v) is 3.70. The van der Waals surface area contributed by atoms with Gasteiger partial charge in [0.15, 0.2) is 0 Å². The Hall–Kier alpha value is -0.140. The molecule has 0 saturated carbocycles. The van der Waals surface area contributed by atoms with E-state index in [0.29, 0.717) is 17.8 Å². The first-order valence-electron chi connectivity index (χ1n) is 3.67. The van der Waals surface area contributed by atoms with Gasteiger partial charge in [-0.25, -0.2) is 0 Å². The van der Waals surface area contributed by atoms with Crippen molar-refractivity contribution in [1.29, 1.82) is 0 Å². The first kappa shape index (κ1) is 7.51. The Morgan fingerprint density at radius 3 is 2.73 bits per heavy atom. The summed E-state index contributed by atoms with van der Waals surface area (Å²) in [4.78, 5) is 2.13. The molecule has 0 spiro atoms. The van der Waals surface area contributed by atoms with Crippen molar-refractivity contribution < 1.29 is 0 Å². The number of halogens is 2. The fourth-order valence-electron chi connectivity index (χ4n) is 1.63. The molecule has 0 fully saturated rings. The van der Waals surface area contributed by atoms with Crippen molar-refractivity contribution in [2.45, 2.75) is 11.4 Å². The third kappa shape index (κ3) is 1.07. The minimum absolute atomic E-state index is 0.119. The van der Waals surface area contributed by atoms with Gasteiger partial charge in [-0.05, 0) is 6.08 Å². The Morgan fingerprint density at radius 1 is 1.27 bits per heavy atom. The summed E-state index contributed by atoms with van der Waals surface area (Å²) in [5.74, 6) is 1.07. The Bertz CT molecular complexity index is 212. The molecule has 1 nitrogen and oxygen atoms in total. The molecule has 0 aromatic carbocycles. The van der Waals surface area contributed by atoms with Gasteiger partial charge < -0.3 is 4.90 Å². The summed E-state index contributed by atoms with van der Waals surface area (Å²) < 4.78 is 0. The van der Waals surface area contributed by atoms with Crippen LogP contribution in [0.15, 0.2) is 24.6 Å². The SMILES string of the molecule is ClCC1C=CN2C=CC(Cl)C12. The van der Waals surface area contributed by atoms with E-state index in [0.717, 1.165) is 0 Å². The molecule has 0 bridgehead atoms. The van der Waals surface area contributed by atoms with E-state index in [1.807, 2.05) is 12.3 Å². The molecular formula is C8H9Cl2N. The van der Waals surface area contributed by atoms with Crippen LogP contribution in [0.25, 0.3) is 0 Å². The largest absolute Gasteiger partial charge is 0.349 e. The molecule has 11 heavy (non-hydrogen) atoms. The van der Waals surface area contributed by atoms with Crippen LogP contribution >= 0.6 is 23.2 Å². The standard InChI is InChI=1S/C8H9Cl2N/c9-5-6-1-3-11-4-2-7(10)8(6)11/h1-4,6-8H,5H2. The van der Waals surface area contributed by atoms with Crippen molar-refractivity contribution in [2.75, 3.05) is 5.88 Å². The number of hydrogen-bond donors (Lipinski definition) is 0. The smallest absolute Gasteiger partial charge is 0.0746 e. The molecule has 2 rings (SSSR count). The number of rotatable bonds is 1. The third-order valence-corrected chi connectivity index (χ3v) is 2.99. The van der Waals surface area contributed by atoms with Crippen LogP contribution in [0.1, 0.15) is 0 Å². The van der Waals surface area contributed by atoms with Crippen LogP contribution in [0.4, 0.5) is 0 Å². The first-order chi connectivity index (χ1) is 5.33. The Balaban J connectivity index is 2.17. The van der Waals surface area contributed by atoms with Crippen LogP contribution in [0, 0.1) is 5.92 Å². The molecule has 0 aromatic rings. The predicted octanol–water partition coefficient (Wildman–Crippen LogP) is 2.17. The normalized spacial score (nSPS) is 40.2. The van der Waals surface area contributed by atoms with Gasteiger partial charge in [-0.2, -0.15) is 0 Å². The number of nitrogens with zero attached hydrogens (tertiary/aromatic N) is 1. The zero-order valence-electron chi connectivity index (χ0n) is 5.95. The second-order valence-electron chi connectivity index (χ2n) is 2.88. The van der Waals surface area contributed by atoms with E-state index in [4.69, 9.17) is 23.2 Å². The van der Waals surface area contributed by atoms with Gasteiger partial charge >= 0.3 is 0 Å². The number of alkyl halides is 2. The van der Waals surface area contributed by atoms with Crippen molar-refractivity contribution in [3.8, 4) is 0 Å². The lowest BCUT2D eigenvalue weighted by Crippen LogP contribution is -2.31. The predicted molar refractivity (Wildman–Crippen MR) is 47.8 cm³/mol. The Morgan fingerprint density at radius 2 is 2.00 bits per heavy atom. The highest BCUT2D eigenvalue weighted by atomic mass is 35.5. The fraction of sp³-hybridized carbons (Fsp3) is 0.500. The molecule has 60 valence electrons. The molecule has 2 aliphatic heterocycles. The third-order valence-electron chi connectivity index (χ3n) is 2.23. The molecule has 0 radical (unpaired) electrons. The van der Waals surface area contributed by atoms with Crippen molar-refractivity contribution >= 4 is 23.2 Å². The topological polar surface area (TPSA) is 3.24 Å². The molecule has 2 heterocycles. The van der Waals surface area contributed by atoms with Gasteiger partial charge in [0.1, 0.15) is 0 Å². The highest BCUT2D eigenvalue weighted by Crippen LogP contribution is 2.32. The van der Waals surface area contributed by atoms with Crippen LogP contribution in [-0.2, 0) is 0 Å². The van der Waals surface area contributed by atoms with Crippen molar-refractivity contribution in [1.82, 2.24) is 4.90 Å². The average molecular weight is 190 g/mol. The fourth-order valence-corrected chi connectivity index (χ4v) is 2.30. The summed E-state index contributed by atoms with van der Waals surface area (Å²) in [6.07, 6.45) is 8.20. The maximum atomic E-state index is 6.06. The summed E-state index contributed by atoms with van der Waals surface area (Å²) in [6.45, 7) is 0. The van der Waals surface area contributed by atoms with E-state index in [9.17, 15) is 0 Å². The molecular weight excluding hydrogens is 181 g/mol. The summed E-state index contributed by atoms with van der Waals surface area (Å²) in [5.41, 5.74) is 0. The van der Waals surface area contributed by atoms with Gasteiger partial charge in [-0.15, -0.1) is 23.2 Å². The van der Waals surface area contributed by atoms with E-state index in [-0.39, 0.29) is 5.38 Å². The van der Waals surface area contributed by atoms with Crippen LogP contribution in [0.3, 0.4) is 0 Å². The van der Waals surface area contributed by atoms with Gasteiger partial charge in [-0.3, -0.25) is 0 Å². The van der Waals surface area contributed by atoms with E-state index >= 15 is 0 Å². The molecule has 0 saturated heterocycles. The van der Waals surface area contributed by atoms with Crippen LogP contribution < -0.4 is 0 Å². The zero-order valence-corrected chi connectivity index (χ0v) is 7.46. The van der Waals surface area contributed by atoms with Crippen LogP contribution in [-0.4, -0.2) is 22.2 Å². The lowest BCUT2D eigenvalue weighted by Gasteiger charge is -2.22. The summed E-state index contributed by atoms with van der Waals surface area (Å²) in [7, 11) is 0. The highest BCUT2D eigenvalue weighted by molar-refractivity contribution is 6.23. The molecule has 0 N–H and O–H groups in total. The number of hydrogen-bond acceptors (Lipinski definition) is 1.